The van der Waals surface area contributed by atoms with Crippen molar-refractivity contribution in [3.63, 3.8) is 0 Å². The Morgan fingerprint density at radius 3 is 2.32 bits per heavy atom. The molecule has 0 saturated heterocycles. The lowest BCUT2D eigenvalue weighted by molar-refractivity contribution is 0.0995. The molecule has 3 aromatic rings. The van der Waals surface area contributed by atoms with Crippen LogP contribution in [0.4, 0.5) is 0 Å². The van der Waals surface area contributed by atoms with Crippen molar-refractivity contribution in [1.29, 1.82) is 0 Å². The van der Waals surface area contributed by atoms with Crippen LogP contribution < -0.4 is 5.73 Å². The fourth-order valence-electron chi connectivity index (χ4n) is 2.87. The Labute approximate surface area is 150 Å². The molecule has 1 aromatic heterocycles. The van der Waals surface area contributed by atoms with E-state index in [2.05, 4.69) is 4.98 Å². The van der Waals surface area contributed by atoms with Gasteiger partial charge >= 0.3 is 0 Å². The molecule has 1 heterocycles. The van der Waals surface area contributed by atoms with E-state index in [0.717, 1.165) is 11.1 Å². The molecule has 2 aromatic carbocycles. The highest BCUT2D eigenvalue weighted by Crippen LogP contribution is 2.38. The van der Waals surface area contributed by atoms with Gasteiger partial charge in [0, 0.05) is 22.9 Å². The minimum absolute atomic E-state index is 0.0161. The highest BCUT2D eigenvalue weighted by atomic mass is 35.5. The molecule has 3 rings (SSSR count). The number of aromatic nitrogens is 1. The SMILES string of the molecule is CC(=O)c1cccc(-c2ccccc2)c1-c1ccnc(Cl)c1C(N)=O. The predicted octanol–water partition coefficient (Wildman–Crippen LogP) is 4.37. The maximum atomic E-state index is 12.2. The molecular formula is C20H15ClN2O2. The van der Waals surface area contributed by atoms with Gasteiger partial charge in [0.1, 0.15) is 5.15 Å². The number of hydrogen-bond acceptors (Lipinski definition) is 3. The molecule has 124 valence electrons. The summed E-state index contributed by atoms with van der Waals surface area (Å²) in [5.74, 6) is -0.804. The lowest BCUT2D eigenvalue weighted by Gasteiger charge is -2.16. The maximum absolute atomic E-state index is 12.2. The third-order valence-corrected chi connectivity index (χ3v) is 4.24. The first-order chi connectivity index (χ1) is 12.0. The summed E-state index contributed by atoms with van der Waals surface area (Å²) in [5, 5.41) is 0.0161. The summed E-state index contributed by atoms with van der Waals surface area (Å²) >= 11 is 6.11. The molecule has 0 spiro atoms. The lowest BCUT2D eigenvalue weighted by atomic mass is 9.87. The topological polar surface area (TPSA) is 73.1 Å². The van der Waals surface area contributed by atoms with Crippen LogP contribution in [0.3, 0.4) is 0 Å². The monoisotopic (exact) mass is 350 g/mol. The first-order valence-corrected chi connectivity index (χ1v) is 8.02. The quantitative estimate of drug-likeness (QED) is 0.561. The van der Waals surface area contributed by atoms with Gasteiger partial charge in [0.15, 0.2) is 5.78 Å². The van der Waals surface area contributed by atoms with Gasteiger partial charge in [0.05, 0.1) is 5.56 Å². The molecule has 25 heavy (non-hydrogen) atoms. The molecule has 0 saturated carbocycles. The van der Waals surface area contributed by atoms with Crippen LogP contribution in [-0.4, -0.2) is 16.7 Å². The number of halogens is 1. The molecule has 0 unspecified atom stereocenters. The van der Waals surface area contributed by atoms with E-state index in [1.165, 1.54) is 13.1 Å². The van der Waals surface area contributed by atoms with Gasteiger partial charge in [-0.25, -0.2) is 4.98 Å². The summed E-state index contributed by atoms with van der Waals surface area (Å²) in [6.07, 6.45) is 1.50. The largest absolute Gasteiger partial charge is 0.365 e. The summed E-state index contributed by atoms with van der Waals surface area (Å²) in [6, 6.07) is 16.7. The molecule has 0 aliphatic heterocycles. The average Bonchev–Trinajstić information content (AvgIpc) is 2.61. The number of nitrogens with two attached hydrogens (primary N) is 1. The van der Waals surface area contributed by atoms with Crippen molar-refractivity contribution < 1.29 is 9.59 Å². The third-order valence-electron chi connectivity index (χ3n) is 3.95. The number of hydrogen-bond donors (Lipinski definition) is 1. The third kappa shape index (κ3) is 3.16. The second kappa shape index (κ2) is 6.87. The zero-order valence-electron chi connectivity index (χ0n) is 13.5. The second-order valence-corrected chi connectivity index (χ2v) is 5.90. The minimum Gasteiger partial charge on any atom is -0.365 e. The summed E-state index contributed by atoms with van der Waals surface area (Å²) in [7, 11) is 0. The van der Waals surface area contributed by atoms with E-state index < -0.39 is 5.91 Å². The van der Waals surface area contributed by atoms with Crippen LogP contribution in [0.25, 0.3) is 22.3 Å². The van der Waals surface area contributed by atoms with Gasteiger partial charge in [-0.05, 0) is 24.1 Å². The van der Waals surface area contributed by atoms with E-state index in [9.17, 15) is 9.59 Å². The van der Waals surface area contributed by atoms with Gasteiger partial charge in [-0.2, -0.15) is 0 Å². The first kappa shape index (κ1) is 16.9. The average molecular weight is 351 g/mol. The van der Waals surface area contributed by atoms with Gasteiger partial charge in [0.25, 0.3) is 5.91 Å². The number of rotatable bonds is 4. The van der Waals surface area contributed by atoms with Crippen LogP contribution in [0.1, 0.15) is 27.6 Å². The minimum atomic E-state index is -0.689. The van der Waals surface area contributed by atoms with E-state index >= 15 is 0 Å². The van der Waals surface area contributed by atoms with E-state index in [4.69, 9.17) is 17.3 Å². The number of nitrogens with zero attached hydrogens (tertiary/aromatic N) is 1. The molecule has 0 fully saturated rings. The van der Waals surface area contributed by atoms with Gasteiger partial charge in [-0.15, -0.1) is 0 Å². The number of carbonyl (C=O) groups is 2. The Bertz CT molecular complexity index is 969. The van der Waals surface area contributed by atoms with Crippen molar-refractivity contribution in [3.8, 4) is 22.3 Å². The van der Waals surface area contributed by atoms with Crippen molar-refractivity contribution in [3.05, 3.63) is 77.1 Å². The van der Waals surface area contributed by atoms with Crippen LogP contribution in [0.15, 0.2) is 60.8 Å². The van der Waals surface area contributed by atoms with Gasteiger partial charge in [0.2, 0.25) is 0 Å². The highest BCUT2D eigenvalue weighted by Gasteiger charge is 2.22. The molecule has 1 amide bonds. The smallest absolute Gasteiger partial charge is 0.252 e. The van der Waals surface area contributed by atoms with Crippen molar-refractivity contribution in [1.82, 2.24) is 4.98 Å². The van der Waals surface area contributed by atoms with Crippen LogP contribution >= 0.6 is 11.6 Å². The highest BCUT2D eigenvalue weighted by molar-refractivity contribution is 6.33. The Kier molecular flexibility index (Phi) is 4.63. The van der Waals surface area contributed by atoms with Gasteiger partial charge < -0.3 is 5.73 Å². The van der Waals surface area contributed by atoms with Crippen LogP contribution in [0.5, 0.6) is 0 Å². The Hall–Kier alpha value is -2.98. The molecule has 2 N–H and O–H groups in total. The van der Waals surface area contributed by atoms with E-state index in [-0.39, 0.29) is 16.5 Å². The number of pyridine rings is 1. The Morgan fingerprint density at radius 2 is 1.68 bits per heavy atom. The summed E-state index contributed by atoms with van der Waals surface area (Å²) in [5.41, 5.74) is 8.98. The number of ketones is 1. The standard InChI is InChI=1S/C20H15ClN2O2/c1-12(24)14-8-5-9-15(13-6-3-2-4-7-13)17(14)16-10-11-23-19(21)18(16)20(22)25/h2-11H,1H3,(H2,22,25). The van der Waals surface area contributed by atoms with Crippen molar-refractivity contribution in [2.75, 3.05) is 0 Å². The van der Waals surface area contributed by atoms with E-state index in [1.807, 2.05) is 42.5 Å². The normalized spacial score (nSPS) is 10.5. The fourth-order valence-corrected chi connectivity index (χ4v) is 3.12. The number of primary amides is 1. The molecule has 0 aliphatic rings. The van der Waals surface area contributed by atoms with Crippen LogP contribution in [-0.2, 0) is 0 Å². The predicted molar refractivity (Wildman–Crippen MR) is 98.6 cm³/mol. The first-order valence-electron chi connectivity index (χ1n) is 7.64. The zero-order chi connectivity index (χ0) is 18.0. The molecular weight excluding hydrogens is 336 g/mol. The second-order valence-electron chi connectivity index (χ2n) is 5.54. The van der Waals surface area contributed by atoms with Crippen LogP contribution in [0.2, 0.25) is 5.15 Å². The summed E-state index contributed by atoms with van der Waals surface area (Å²) in [6.45, 7) is 1.49. The lowest BCUT2D eigenvalue weighted by Crippen LogP contribution is -2.14. The maximum Gasteiger partial charge on any atom is 0.252 e. The molecule has 0 bridgehead atoms. The van der Waals surface area contributed by atoms with E-state index in [0.29, 0.717) is 16.7 Å². The van der Waals surface area contributed by atoms with Crippen molar-refractivity contribution >= 4 is 23.3 Å². The van der Waals surface area contributed by atoms with E-state index in [1.54, 1.807) is 12.1 Å². The molecule has 5 heteroatoms. The molecule has 0 aliphatic carbocycles. The van der Waals surface area contributed by atoms with Crippen molar-refractivity contribution in [2.24, 2.45) is 5.73 Å². The fraction of sp³-hybridized carbons (Fsp3) is 0.0500. The number of carbonyl (C=O) groups excluding carboxylic acids is 2. The number of benzene rings is 2. The molecule has 4 nitrogen and oxygen atoms in total. The van der Waals surface area contributed by atoms with Crippen molar-refractivity contribution in [2.45, 2.75) is 6.92 Å². The van der Waals surface area contributed by atoms with Gasteiger partial charge in [-0.1, -0.05) is 60.1 Å². The Balaban J connectivity index is 2.42. The van der Waals surface area contributed by atoms with Crippen LogP contribution in [0, 0.1) is 0 Å². The Morgan fingerprint density at radius 1 is 0.960 bits per heavy atom. The molecule has 0 atom stereocenters. The number of amides is 1. The number of Topliss-reactive ketones (excluding diaryl/α,β-unsaturated/α-hetero) is 1. The summed E-state index contributed by atoms with van der Waals surface area (Å²) in [4.78, 5) is 28.1. The molecule has 0 radical (unpaired) electrons. The summed E-state index contributed by atoms with van der Waals surface area (Å²) < 4.78 is 0. The zero-order valence-corrected chi connectivity index (χ0v) is 14.2. The van der Waals surface area contributed by atoms with Gasteiger partial charge in [-0.3, -0.25) is 9.59 Å².